The highest BCUT2D eigenvalue weighted by molar-refractivity contribution is 7.80. The number of para-hydroxylation sites is 1. The minimum Gasteiger partial charge on any atom is -0.256 e. The first-order chi connectivity index (χ1) is 7.36. The number of rotatable bonds is 2. The van der Waals surface area contributed by atoms with Gasteiger partial charge >= 0.3 is 0 Å². The lowest BCUT2D eigenvalue weighted by Gasteiger charge is -1.97. The largest absolute Gasteiger partial charge is 0.256 e. The summed E-state index contributed by atoms with van der Waals surface area (Å²) in [4.78, 5) is 5.31. The maximum Gasteiger partial charge on any atom is 0.0629 e. The monoisotopic (exact) mass is 213 g/mol. The number of nitrogens with zero attached hydrogens (tertiary/aromatic N) is 1. The molecular formula is C13H11NS. The van der Waals surface area contributed by atoms with E-state index in [1.54, 1.807) is 0 Å². The first kappa shape index (κ1) is 9.99. The van der Waals surface area contributed by atoms with Gasteiger partial charge < -0.3 is 0 Å². The predicted octanol–water partition coefficient (Wildman–Crippen LogP) is 3.73. The minimum atomic E-state index is 0.942. The second kappa shape index (κ2) is 4.80. The van der Waals surface area contributed by atoms with Crippen molar-refractivity contribution < 1.29 is 0 Å². The Bertz CT molecular complexity index is 463. The van der Waals surface area contributed by atoms with Crippen LogP contribution >= 0.6 is 12.6 Å². The van der Waals surface area contributed by atoms with E-state index in [9.17, 15) is 0 Å². The molecule has 15 heavy (non-hydrogen) atoms. The van der Waals surface area contributed by atoms with Crippen molar-refractivity contribution in [3.63, 3.8) is 0 Å². The molecule has 0 fully saturated rings. The molecule has 2 aromatic rings. The molecule has 0 N–H and O–H groups in total. The Kier molecular flexibility index (Phi) is 3.20. The average Bonchev–Trinajstić information content (AvgIpc) is 2.29. The summed E-state index contributed by atoms with van der Waals surface area (Å²) in [7, 11) is 0. The summed E-state index contributed by atoms with van der Waals surface area (Å²) in [5.41, 5.74) is 1.98. The van der Waals surface area contributed by atoms with E-state index in [4.69, 9.17) is 0 Å². The first-order valence-electron chi connectivity index (χ1n) is 4.73. The average molecular weight is 213 g/mol. The second-order valence-electron chi connectivity index (χ2n) is 3.15. The number of benzene rings is 2. The zero-order valence-corrected chi connectivity index (χ0v) is 9.06. The molecule has 2 rings (SSSR count). The molecule has 0 radical (unpaired) electrons. The lowest BCUT2D eigenvalue weighted by molar-refractivity contribution is 1.43. The van der Waals surface area contributed by atoms with Crippen LogP contribution in [0.1, 0.15) is 5.56 Å². The minimum absolute atomic E-state index is 0.942. The summed E-state index contributed by atoms with van der Waals surface area (Å²) >= 11 is 4.35. The molecule has 0 aliphatic carbocycles. The van der Waals surface area contributed by atoms with Crippen LogP contribution in [0.25, 0.3) is 0 Å². The van der Waals surface area contributed by atoms with Crippen molar-refractivity contribution in [2.75, 3.05) is 0 Å². The molecule has 0 heterocycles. The van der Waals surface area contributed by atoms with Crippen molar-refractivity contribution in [2.45, 2.75) is 4.90 Å². The zero-order chi connectivity index (χ0) is 10.5. The third kappa shape index (κ3) is 2.70. The van der Waals surface area contributed by atoms with Crippen LogP contribution in [-0.4, -0.2) is 6.21 Å². The highest BCUT2D eigenvalue weighted by Gasteiger charge is 1.92. The van der Waals surface area contributed by atoms with Crippen molar-refractivity contribution in [1.82, 2.24) is 0 Å². The van der Waals surface area contributed by atoms with Gasteiger partial charge in [0.2, 0.25) is 0 Å². The molecule has 74 valence electrons. The standard InChI is InChI=1S/C13H11NS/c15-13-9-5-4-6-11(13)10-14-12-7-2-1-3-8-12/h1-10,15H/b14-10+. The van der Waals surface area contributed by atoms with Gasteiger partial charge in [-0.15, -0.1) is 12.6 Å². The summed E-state index contributed by atoms with van der Waals surface area (Å²) < 4.78 is 0. The summed E-state index contributed by atoms with van der Waals surface area (Å²) in [6, 6.07) is 17.7. The van der Waals surface area contributed by atoms with Crippen molar-refractivity contribution in [3.05, 3.63) is 60.2 Å². The third-order valence-corrected chi connectivity index (χ3v) is 2.45. The Morgan fingerprint density at radius 2 is 1.53 bits per heavy atom. The molecule has 1 nitrogen and oxygen atoms in total. The smallest absolute Gasteiger partial charge is 0.0629 e. The zero-order valence-electron chi connectivity index (χ0n) is 8.17. The third-order valence-electron chi connectivity index (χ3n) is 2.05. The van der Waals surface area contributed by atoms with E-state index in [2.05, 4.69) is 17.6 Å². The quantitative estimate of drug-likeness (QED) is 0.576. The van der Waals surface area contributed by atoms with Crippen molar-refractivity contribution >= 4 is 24.5 Å². The number of hydrogen-bond acceptors (Lipinski definition) is 2. The molecule has 0 bridgehead atoms. The van der Waals surface area contributed by atoms with E-state index in [0.29, 0.717) is 0 Å². The van der Waals surface area contributed by atoms with E-state index >= 15 is 0 Å². The summed E-state index contributed by atoms with van der Waals surface area (Å²) in [6.45, 7) is 0. The van der Waals surface area contributed by atoms with Crippen LogP contribution in [0.15, 0.2) is 64.5 Å². The van der Waals surface area contributed by atoms with Crippen LogP contribution in [-0.2, 0) is 0 Å². The SMILES string of the molecule is Sc1ccccc1/C=N/c1ccccc1. The summed E-state index contributed by atoms with van der Waals surface area (Å²) in [5, 5.41) is 0. The molecule has 0 aliphatic rings. The molecule has 0 atom stereocenters. The van der Waals surface area contributed by atoms with E-state index in [1.807, 2.05) is 60.8 Å². The Morgan fingerprint density at radius 3 is 2.27 bits per heavy atom. The van der Waals surface area contributed by atoms with Crippen LogP contribution < -0.4 is 0 Å². The van der Waals surface area contributed by atoms with Gasteiger partial charge in [-0.05, 0) is 18.2 Å². The number of thiol groups is 1. The molecule has 0 spiro atoms. The Balaban J connectivity index is 2.23. The van der Waals surface area contributed by atoms with Gasteiger partial charge in [0.15, 0.2) is 0 Å². The van der Waals surface area contributed by atoms with Crippen molar-refractivity contribution in [3.8, 4) is 0 Å². The van der Waals surface area contributed by atoms with Crippen LogP contribution in [0, 0.1) is 0 Å². The molecular weight excluding hydrogens is 202 g/mol. The molecule has 0 amide bonds. The molecule has 0 aromatic heterocycles. The maximum absolute atomic E-state index is 4.36. The van der Waals surface area contributed by atoms with E-state index in [-0.39, 0.29) is 0 Å². The number of aliphatic imine (C=N–C) groups is 1. The van der Waals surface area contributed by atoms with Crippen LogP contribution in [0.5, 0.6) is 0 Å². The first-order valence-corrected chi connectivity index (χ1v) is 5.18. The van der Waals surface area contributed by atoms with Gasteiger partial charge in [-0.2, -0.15) is 0 Å². The summed E-state index contributed by atoms with van der Waals surface area (Å²) in [5.74, 6) is 0. The molecule has 2 heteroatoms. The molecule has 0 saturated carbocycles. The fraction of sp³-hybridized carbons (Fsp3) is 0. The Labute approximate surface area is 94.9 Å². The Hall–Kier alpha value is -1.54. The summed E-state index contributed by atoms with van der Waals surface area (Å²) in [6.07, 6.45) is 1.83. The highest BCUT2D eigenvalue weighted by atomic mass is 32.1. The molecule has 0 saturated heterocycles. The van der Waals surface area contributed by atoms with Crippen LogP contribution in [0.4, 0.5) is 5.69 Å². The van der Waals surface area contributed by atoms with Gasteiger partial charge in [0.1, 0.15) is 0 Å². The van der Waals surface area contributed by atoms with Crippen molar-refractivity contribution in [2.24, 2.45) is 4.99 Å². The Morgan fingerprint density at radius 1 is 0.867 bits per heavy atom. The molecule has 2 aromatic carbocycles. The normalized spacial score (nSPS) is 10.7. The van der Waals surface area contributed by atoms with E-state index in [0.717, 1.165) is 16.1 Å². The fourth-order valence-electron chi connectivity index (χ4n) is 1.25. The maximum atomic E-state index is 4.36. The van der Waals surface area contributed by atoms with Crippen molar-refractivity contribution in [1.29, 1.82) is 0 Å². The molecule has 0 aliphatic heterocycles. The van der Waals surface area contributed by atoms with Gasteiger partial charge in [0, 0.05) is 16.7 Å². The fourth-order valence-corrected chi connectivity index (χ4v) is 1.47. The molecule has 0 unspecified atom stereocenters. The predicted molar refractivity (Wildman–Crippen MR) is 67.4 cm³/mol. The van der Waals surface area contributed by atoms with Gasteiger partial charge in [0.05, 0.1) is 5.69 Å². The van der Waals surface area contributed by atoms with Crippen LogP contribution in [0.3, 0.4) is 0 Å². The van der Waals surface area contributed by atoms with Gasteiger partial charge in [0.25, 0.3) is 0 Å². The van der Waals surface area contributed by atoms with E-state index in [1.165, 1.54) is 0 Å². The van der Waals surface area contributed by atoms with E-state index < -0.39 is 0 Å². The number of hydrogen-bond donors (Lipinski definition) is 1. The lowest BCUT2D eigenvalue weighted by Crippen LogP contribution is -1.81. The lowest BCUT2D eigenvalue weighted by atomic mass is 10.2. The van der Waals surface area contributed by atoms with Gasteiger partial charge in [-0.25, -0.2) is 0 Å². The second-order valence-corrected chi connectivity index (χ2v) is 3.63. The topological polar surface area (TPSA) is 12.4 Å². The van der Waals surface area contributed by atoms with Gasteiger partial charge in [-0.3, -0.25) is 4.99 Å². The van der Waals surface area contributed by atoms with Crippen LogP contribution in [0.2, 0.25) is 0 Å². The highest BCUT2D eigenvalue weighted by Crippen LogP contribution is 2.13. The van der Waals surface area contributed by atoms with Gasteiger partial charge in [-0.1, -0.05) is 36.4 Å².